The molecule has 0 aromatic rings. The molecule has 0 unspecified atom stereocenters. The minimum Gasteiger partial charge on any atom is -0.428 e. The molecule has 0 aromatic carbocycles. The highest BCUT2D eigenvalue weighted by Gasteiger charge is 2.06. The second kappa shape index (κ2) is 2.62. The molecule has 0 saturated heterocycles. The Balaban J connectivity index is 2.93. The second-order valence-electron chi connectivity index (χ2n) is 3.04. The van der Waals surface area contributed by atoms with E-state index in [9.17, 15) is 5.21 Å². The van der Waals surface area contributed by atoms with Crippen LogP contribution in [0.5, 0.6) is 0 Å². The average Bonchev–Trinajstić information content (AvgIpc) is 2.12. The Morgan fingerprint density at radius 1 is 1.31 bits per heavy atom. The van der Waals surface area contributed by atoms with Gasteiger partial charge in [0, 0.05) is 11.8 Å². The molecule has 0 amide bonds. The van der Waals surface area contributed by atoms with Crippen molar-refractivity contribution in [3.63, 3.8) is 0 Å². The topological polar surface area (TPSA) is 49.0 Å². The molecule has 0 saturated carbocycles. The van der Waals surface area contributed by atoms with Crippen molar-refractivity contribution in [3.8, 4) is 11.3 Å². The number of fused-ring (bicyclic) bond motifs is 1. The van der Waals surface area contributed by atoms with Crippen LogP contribution in [0.1, 0.15) is 5.56 Å². The Labute approximate surface area is 75.7 Å². The molecule has 3 nitrogen and oxygen atoms in total. The Morgan fingerprint density at radius 2 is 2.08 bits per heavy atom. The van der Waals surface area contributed by atoms with Gasteiger partial charge in [0.25, 0.3) is 0 Å². The van der Waals surface area contributed by atoms with Crippen LogP contribution in [0.3, 0.4) is 0 Å². The van der Waals surface area contributed by atoms with E-state index in [1.807, 2.05) is 25.1 Å². The Morgan fingerprint density at radius 3 is 2.85 bits per heavy atom. The van der Waals surface area contributed by atoms with Crippen LogP contribution >= 0.6 is 0 Å². The van der Waals surface area contributed by atoms with Crippen molar-refractivity contribution in [2.75, 3.05) is 0 Å². The van der Waals surface area contributed by atoms with Crippen molar-refractivity contribution >= 4 is 0 Å². The van der Waals surface area contributed by atoms with Crippen LogP contribution in [0.15, 0.2) is 30.5 Å². The lowest BCUT2D eigenvalue weighted by molar-refractivity contribution is 0.189. The Kier molecular flexibility index (Phi) is 1.59. The van der Waals surface area contributed by atoms with Crippen molar-refractivity contribution in [1.82, 2.24) is 4.73 Å². The van der Waals surface area contributed by atoms with Gasteiger partial charge in [-0.25, -0.2) is 0 Å². The minimum absolute atomic E-state index is 0.473. The lowest BCUT2D eigenvalue weighted by Gasteiger charge is -2.09. The Bertz CT molecular complexity index is 473. The first kappa shape index (κ1) is 7.86. The summed E-state index contributed by atoms with van der Waals surface area (Å²) in [6.45, 7) is 1.89. The van der Waals surface area contributed by atoms with Gasteiger partial charge in [0.2, 0.25) is 0 Å². The van der Waals surface area contributed by atoms with E-state index in [-0.39, 0.29) is 0 Å². The molecular formula is C10H10N2O. The average molecular weight is 174 g/mol. The predicted octanol–water partition coefficient (Wildman–Crippen LogP) is 1.62. The smallest absolute Gasteiger partial charge is 0.0886 e. The lowest BCUT2D eigenvalue weighted by atomic mass is 10.1. The van der Waals surface area contributed by atoms with E-state index in [1.165, 1.54) is 0 Å². The maximum absolute atomic E-state index is 9.42. The first-order valence-electron chi connectivity index (χ1n) is 4.05. The molecule has 13 heavy (non-hydrogen) atoms. The summed E-state index contributed by atoms with van der Waals surface area (Å²) in [7, 11) is 0. The van der Waals surface area contributed by atoms with Gasteiger partial charge >= 0.3 is 0 Å². The highest BCUT2D eigenvalue weighted by Crippen LogP contribution is 2.16. The van der Waals surface area contributed by atoms with Crippen molar-refractivity contribution in [1.29, 1.82) is 5.41 Å². The summed E-state index contributed by atoms with van der Waals surface area (Å²) in [6, 6.07) is 7.19. The fourth-order valence-electron chi connectivity index (χ4n) is 1.39. The molecule has 1 aliphatic carbocycles. The van der Waals surface area contributed by atoms with Crippen molar-refractivity contribution in [2.45, 2.75) is 6.92 Å². The van der Waals surface area contributed by atoms with E-state index in [0.29, 0.717) is 11.1 Å². The van der Waals surface area contributed by atoms with Gasteiger partial charge in [-0.05, 0) is 30.7 Å². The largest absolute Gasteiger partial charge is 0.428 e. The third kappa shape index (κ3) is 1.09. The summed E-state index contributed by atoms with van der Waals surface area (Å²) in [5, 5.41) is 17.7. The molecule has 2 N–H and O–H groups in total. The van der Waals surface area contributed by atoms with Gasteiger partial charge in [-0.2, -0.15) is 4.73 Å². The zero-order valence-corrected chi connectivity index (χ0v) is 7.28. The van der Waals surface area contributed by atoms with Gasteiger partial charge in [-0.3, -0.25) is 5.41 Å². The third-order valence-corrected chi connectivity index (χ3v) is 2.17. The maximum atomic E-state index is 9.42. The summed E-state index contributed by atoms with van der Waals surface area (Å²) in [5.74, 6) is 0. The van der Waals surface area contributed by atoms with Crippen LogP contribution in [-0.4, -0.2) is 9.94 Å². The number of hydrogen-bond acceptors (Lipinski definition) is 2. The van der Waals surface area contributed by atoms with Gasteiger partial charge in [-0.1, -0.05) is 6.07 Å². The number of nitrogens with one attached hydrogen (secondary N) is 1. The molecule has 1 heterocycles. The normalized spacial score (nSPS) is 10.5. The molecule has 0 spiro atoms. The van der Waals surface area contributed by atoms with Crippen molar-refractivity contribution < 1.29 is 5.21 Å². The summed E-state index contributed by atoms with van der Waals surface area (Å²) in [5.41, 5.74) is 2.35. The van der Waals surface area contributed by atoms with E-state index in [0.717, 1.165) is 15.9 Å². The van der Waals surface area contributed by atoms with Crippen LogP contribution < -0.4 is 5.36 Å². The van der Waals surface area contributed by atoms with Crippen LogP contribution in [-0.2, 0) is 0 Å². The molecule has 2 rings (SSSR count). The summed E-state index contributed by atoms with van der Waals surface area (Å²) in [4.78, 5) is 0. The molecule has 0 fully saturated rings. The molecule has 2 aliphatic rings. The highest BCUT2D eigenvalue weighted by atomic mass is 16.5. The van der Waals surface area contributed by atoms with Crippen LogP contribution in [0.2, 0.25) is 0 Å². The third-order valence-electron chi connectivity index (χ3n) is 2.17. The Hall–Kier alpha value is -1.77. The van der Waals surface area contributed by atoms with Gasteiger partial charge in [-0.15, -0.1) is 0 Å². The van der Waals surface area contributed by atoms with Gasteiger partial charge in [0.1, 0.15) is 0 Å². The van der Waals surface area contributed by atoms with E-state index >= 15 is 0 Å². The standard InChI is InChI=1S/C10H10N2O/c1-7-4-5-9-8(10(7)11)3-2-6-12(9)13/h2-6,11,13H,1H3. The number of aryl methyl sites for hydroxylation is 1. The van der Waals surface area contributed by atoms with E-state index in [1.54, 1.807) is 12.3 Å². The number of nitrogens with zero attached hydrogens (tertiary/aromatic N) is 1. The zero-order valence-electron chi connectivity index (χ0n) is 7.28. The molecule has 66 valence electrons. The molecule has 0 bridgehead atoms. The molecule has 1 aliphatic heterocycles. The van der Waals surface area contributed by atoms with Gasteiger partial charge < -0.3 is 5.21 Å². The summed E-state index contributed by atoms with van der Waals surface area (Å²) < 4.78 is 1.03. The van der Waals surface area contributed by atoms with E-state index < -0.39 is 0 Å². The van der Waals surface area contributed by atoms with Crippen molar-refractivity contribution in [3.05, 3.63) is 41.4 Å². The predicted molar refractivity (Wildman–Crippen MR) is 48.8 cm³/mol. The van der Waals surface area contributed by atoms with Gasteiger partial charge in [0.05, 0.1) is 11.1 Å². The second-order valence-corrected chi connectivity index (χ2v) is 3.04. The number of hydrogen-bond donors (Lipinski definition) is 2. The minimum atomic E-state index is 0.473. The fourth-order valence-corrected chi connectivity index (χ4v) is 1.39. The highest BCUT2D eigenvalue weighted by molar-refractivity contribution is 5.61. The fraction of sp³-hybridized carbons (Fsp3) is 0.100. The summed E-state index contributed by atoms with van der Waals surface area (Å²) >= 11 is 0. The van der Waals surface area contributed by atoms with Gasteiger partial charge in [0.15, 0.2) is 0 Å². The van der Waals surface area contributed by atoms with Crippen LogP contribution in [0, 0.1) is 12.3 Å². The molecule has 3 heteroatoms. The van der Waals surface area contributed by atoms with E-state index in [4.69, 9.17) is 5.41 Å². The molecule has 0 radical (unpaired) electrons. The van der Waals surface area contributed by atoms with Crippen molar-refractivity contribution in [2.24, 2.45) is 0 Å². The zero-order chi connectivity index (χ0) is 9.42. The number of benzene rings is 1. The molecule has 0 atom stereocenters. The first-order valence-corrected chi connectivity index (χ1v) is 4.05. The first-order chi connectivity index (χ1) is 6.20. The maximum Gasteiger partial charge on any atom is 0.0886 e. The summed E-state index contributed by atoms with van der Waals surface area (Å²) in [6.07, 6.45) is 1.55. The molecule has 0 aromatic heterocycles. The number of rotatable bonds is 0. The monoisotopic (exact) mass is 174 g/mol. The quantitative estimate of drug-likeness (QED) is 0.586. The lowest BCUT2D eigenvalue weighted by Crippen LogP contribution is -2.12. The number of pyridine rings is 1. The van der Waals surface area contributed by atoms with Crippen LogP contribution in [0.4, 0.5) is 0 Å². The number of aromatic nitrogens is 1. The van der Waals surface area contributed by atoms with Crippen LogP contribution in [0.25, 0.3) is 11.3 Å². The molecular weight excluding hydrogens is 164 g/mol. The SMILES string of the molecule is Cc1ccc2n(O)cccc-2c1=N. The van der Waals surface area contributed by atoms with E-state index in [2.05, 4.69) is 0 Å².